The molecule has 0 saturated carbocycles. The molecule has 0 N–H and O–H groups in total. The summed E-state index contributed by atoms with van der Waals surface area (Å²) >= 11 is 0. The first-order chi connectivity index (χ1) is 11.5. The van der Waals surface area contributed by atoms with E-state index >= 15 is 0 Å². The number of benzene rings is 1. The van der Waals surface area contributed by atoms with Crippen molar-refractivity contribution in [2.75, 3.05) is 27.3 Å². The van der Waals surface area contributed by atoms with Crippen LogP contribution in [0.4, 0.5) is 0 Å². The van der Waals surface area contributed by atoms with Gasteiger partial charge in [0.2, 0.25) is 0 Å². The van der Waals surface area contributed by atoms with E-state index < -0.39 is 12.1 Å². The van der Waals surface area contributed by atoms with Gasteiger partial charge in [-0.2, -0.15) is 0 Å². The zero-order chi connectivity index (χ0) is 17.5. The number of esters is 1. The smallest absolute Gasteiger partial charge is 0.331 e. The van der Waals surface area contributed by atoms with Crippen molar-refractivity contribution in [3.8, 4) is 11.5 Å². The summed E-state index contributed by atoms with van der Waals surface area (Å²) in [6, 6.07) is 5.30. The van der Waals surface area contributed by atoms with Crippen molar-refractivity contribution in [2.24, 2.45) is 0 Å². The molecule has 130 valence electrons. The topological polar surface area (TPSA) is 65.1 Å². The molecule has 0 radical (unpaired) electrons. The highest BCUT2D eigenvalue weighted by molar-refractivity contribution is 5.90. The normalized spacial score (nSPS) is 15.4. The molecule has 1 amide bonds. The van der Waals surface area contributed by atoms with Crippen molar-refractivity contribution < 1.29 is 23.8 Å². The molecular formula is C18H23NO5. The van der Waals surface area contributed by atoms with Gasteiger partial charge in [0.15, 0.2) is 17.6 Å². The van der Waals surface area contributed by atoms with Crippen LogP contribution in [0.1, 0.15) is 25.3 Å². The number of hydrogen-bond acceptors (Lipinski definition) is 5. The standard InChI is InChI=1S/C18H23NO5/c1-13(18(21)19-10-4-5-11-19)24-17(20)9-7-14-6-8-15(22-2)16(12-14)23-3/h6-9,12-13H,4-5,10-11H2,1-3H3/b9-7+. The summed E-state index contributed by atoms with van der Waals surface area (Å²) in [5.41, 5.74) is 0.767. The molecule has 0 bridgehead atoms. The SMILES string of the molecule is COc1ccc(/C=C/C(=O)OC(C)C(=O)N2CCCC2)cc1OC. The Bertz CT molecular complexity index is 620. The van der Waals surface area contributed by atoms with Crippen molar-refractivity contribution in [1.82, 2.24) is 4.90 Å². The van der Waals surface area contributed by atoms with Gasteiger partial charge in [0.25, 0.3) is 5.91 Å². The number of nitrogens with zero attached hydrogens (tertiary/aromatic N) is 1. The highest BCUT2D eigenvalue weighted by atomic mass is 16.5. The van der Waals surface area contributed by atoms with E-state index in [-0.39, 0.29) is 5.91 Å². The van der Waals surface area contributed by atoms with E-state index in [1.165, 1.54) is 6.08 Å². The van der Waals surface area contributed by atoms with E-state index in [0.29, 0.717) is 11.5 Å². The van der Waals surface area contributed by atoms with Gasteiger partial charge in [-0.1, -0.05) is 6.07 Å². The predicted octanol–water partition coefficient (Wildman–Crippen LogP) is 2.27. The fourth-order valence-corrected chi connectivity index (χ4v) is 2.58. The minimum atomic E-state index is -0.773. The van der Waals surface area contributed by atoms with Crippen LogP contribution in [0.25, 0.3) is 6.08 Å². The summed E-state index contributed by atoms with van der Waals surface area (Å²) in [7, 11) is 3.11. The van der Waals surface area contributed by atoms with Crippen molar-refractivity contribution in [2.45, 2.75) is 25.9 Å². The van der Waals surface area contributed by atoms with Crippen LogP contribution in [0.15, 0.2) is 24.3 Å². The van der Waals surface area contributed by atoms with E-state index in [9.17, 15) is 9.59 Å². The molecule has 1 heterocycles. The summed E-state index contributed by atoms with van der Waals surface area (Å²) in [6.07, 6.45) is 4.15. The predicted molar refractivity (Wildman–Crippen MR) is 89.9 cm³/mol. The van der Waals surface area contributed by atoms with Gasteiger partial charge in [0.1, 0.15) is 0 Å². The number of likely N-dealkylation sites (tertiary alicyclic amines) is 1. The fraction of sp³-hybridized carbons (Fsp3) is 0.444. The Kier molecular flexibility index (Phi) is 6.23. The Balaban J connectivity index is 1.93. The Morgan fingerprint density at radius 2 is 1.79 bits per heavy atom. The maximum atomic E-state index is 12.1. The number of ether oxygens (including phenoxy) is 3. The van der Waals surface area contributed by atoms with Gasteiger partial charge in [-0.15, -0.1) is 0 Å². The molecule has 1 fully saturated rings. The van der Waals surface area contributed by atoms with E-state index in [1.807, 2.05) is 0 Å². The van der Waals surface area contributed by atoms with Gasteiger partial charge in [-0.25, -0.2) is 4.79 Å². The third kappa shape index (κ3) is 4.50. The monoisotopic (exact) mass is 333 g/mol. The van der Waals surface area contributed by atoms with Crippen molar-refractivity contribution in [1.29, 1.82) is 0 Å². The van der Waals surface area contributed by atoms with Crippen molar-refractivity contribution >= 4 is 18.0 Å². The lowest BCUT2D eigenvalue weighted by Crippen LogP contribution is -2.37. The van der Waals surface area contributed by atoms with Gasteiger partial charge >= 0.3 is 5.97 Å². The minimum absolute atomic E-state index is 0.139. The van der Waals surface area contributed by atoms with E-state index in [2.05, 4.69) is 0 Å². The van der Waals surface area contributed by atoms with E-state index in [1.54, 1.807) is 50.3 Å². The number of carbonyl (C=O) groups excluding carboxylic acids is 2. The Labute approximate surface area is 142 Å². The molecule has 24 heavy (non-hydrogen) atoms. The van der Waals surface area contributed by atoms with Gasteiger partial charge in [0.05, 0.1) is 14.2 Å². The zero-order valence-corrected chi connectivity index (χ0v) is 14.3. The molecule has 1 unspecified atom stereocenters. The first kappa shape index (κ1) is 17.8. The molecular weight excluding hydrogens is 310 g/mol. The largest absolute Gasteiger partial charge is 0.493 e. The Morgan fingerprint density at radius 3 is 2.42 bits per heavy atom. The minimum Gasteiger partial charge on any atom is -0.493 e. The molecule has 2 rings (SSSR count). The summed E-state index contributed by atoms with van der Waals surface area (Å²) in [6.45, 7) is 3.08. The first-order valence-electron chi connectivity index (χ1n) is 7.94. The summed E-state index contributed by atoms with van der Waals surface area (Å²) in [5.74, 6) is 0.498. The molecule has 1 aliphatic heterocycles. The van der Waals surface area contributed by atoms with Gasteiger partial charge < -0.3 is 19.1 Å². The summed E-state index contributed by atoms with van der Waals surface area (Å²) < 4.78 is 15.5. The van der Waals surface area contributed by atoms with Crippen LogP contribution in [-0.2, 0) is 14.3 Å². The van der Waals surface area contributed by atoms with Crippen LogP contribution in [-0.4, -0.2) is 50.2 Å². The summed E-state index contributed by atoms with van der Waals surface area (Å²) in [5, 5.41) is 0. The molecule has 6 heteroatoms. The third-order valence-electron chi connectivity index (χ3n) is 3.88. The van der Waals surface area contributed by atoms with Crippen LogP contribution >= 0.6 is 0 Å². The second-order valence-electron chi connectivity index (χ2n) is 5.56. The van der Waals surface area contributed by atoms with Crippen LogP contribution < -0.4 is 9.47 Å². The molecule has 1 saturated heterocycles. The quantitative estimate of drug-likeness (QED) is 0.590. The number of hydrogen-bond donors (Lipinski definition) is 0. The van der Waals surface area contributed by atoms with Gasteiger partial charge in [0, 0.05) is 19.2 Å². The first-order valence-corrected chi connectivity index (χ1v) is 7.94. The Morgan fingerprint density at radius 1 is 1.12 bits per heavy atom. The molecule has 0 spiro atoms. The molecule has 1 aromatic carbocycles. The van der Waals surface area contributed by atoms with Crippen LogP contribution in [0.3, 0.4) is 0 Å². The Hall–Kier alpha value is -2.50. The molecule has 1 aromatic rings. The van der Waals surface area contributed by atoms with Crippen LogP contribution in [0.5, 0.6) is 11.5 Å². The maximum Gasteiger partial charge on any atom is 0.331 e. The number of rotatable bonds is 6. The van der Waals surface area contributed by atoms with Crippen molar-refractivity contribution in [3.63, 3.8) is 0 Å². The zero-order valence-electron chi connectivity index (χ0n) is 14.3. The molecule has 1 aliphatic rings. The molecule has 6 nitrogen and oxygen atoms in total. The van der Waals surface area contributed by atoms with E-state index in [4.69, 9.17) is 14.2 Å². The lowest BCUT2D eigenvalue weighted by atomic mass is 10.2. The van der Waals surface area contributed by atoms with E-state index in [0.717, 1.165) is 31.5 Å². The molecule has 1 atom stereocenters. The number of amides is 1. The van der Waals surface area contributed by atoms with Crippen LogP contribution in [0, 0.1) is 0 Å². The lowest BCUT2D eigenvalue weighted by Gasteiger charge is -2.19. The third-order valence-corrected chi connectivity index (χ3v) is 3.88. The van der Waals surface area contributed by atoms with Gasteiger partial charge in [-0.05, 0) is 43.5 Å². The second-order valence-corrected chi connectivity index (χ2v) is 5.56. The van der Waals surface area contributed by atoms with Gasteiger partial charge in [-0.3, -0.25) is 4.79 Å². The molecule has 0 aliphatic carbocycles. The highest BCUT2D eigenvalue weighted by Gasteiger charge is 2.25. The summed E-state index contributed by atoms with van der Waals surface area (Å²) in [4.78, 5) is 25.7. The average Bonchev–Trinajstić information content (AvgIpc) is 3.13. The average molecular weight is 333 g/mol. The maximum absolute atomic E-state index is 12.1. The fourth-order valence-electron chi connectivity index (χ4n) is 2.58. The molecule has 0 aromatic heterocycles. The highest BCUT2D eigenvalue weighted by Crippen LogP contribution is 2.27. The van der Waals surface area contributed by atoms with Crippen molar-refractivity contribution in [3.05, 3.63) is 29.8 Å². The number of methoxy groups -OCH3 is 2. The lowest BCUT2D eigenvalue weighted by molar-refractivity contribution is -0.154. The second kappa shape index (κ2) is 8.38. The number of carbonyl (C=O) groups is 2. The van der Waals surface area contributed by atoms with Crippen LogP contribution in [0.2, 0.25) is 0 Å².